The number of halogens is 1. The van der Waals surface area contributed by atoms with Crippen LogP contribution in [0.25, 0.3) is 0 Å². The number of amides is 1. The summed E-state index contributed by atoms with van der Waals surface area (Å²) in [7, 11) is 0. The Kier molecular flexibility index (Phi) is 8.11. The summed E-state index contributed by atoms with van der Waals surface area (Å²) in [4.78, 5) is 12.7. The standard InChI is InChI=1S/C23H26ClNO4/c24-20-10-8-17(9-11-20)16-25-23(27)21-14-19(18-6-2-1-3-7-18)15-22(29-21)28-13-5-4-12-26/h1-3,6-11,14,19,22,26H,4-5,12-13,15-16H2,(H,25,27)/t19-,22+/m1/s1. The SMILES string of the molecule is O=C(NCc1ccc(Cl)cc1)C1=C[C@@H](c2ccccc2)C[C@@H](OCCCCO)O1. The second kappa shape index (κ2) is 11.0. The van der Waals surface area contributed by atoms with Crippen molar-refractivity contribution in [2.45, 2.75) is 38.0 Å². The summed E-state index contributed by atoms with van der Waals surface area (Å²) in [6.45, 7) is 1.00. The van der Waals surface area contributed by atoms with E-state index in [-0.39, 0.29) is 24.2 Å². The predicted octanol–water partition coefficient (Wildman–Crippen LogP) is 4.16. The normalized spacial score (nSPS) is 18.6. The number of allylic oxidation sites excluding steroid dienone is 1. The summed E-state index contributed by atoms with van der Waals surface area (Å²) in [5.74, 6) is 0.0276. The minimum Gasteiger partial charge on any atom is -0.459 e. The van der Waals surface area contributed by atoms with Crippen LogP contribution in [0.2, 0.25) is 5.02 Å². The number of carbonyl (C=O) groups excluding carboxylic acids is 1. The molecular formula is C23H26ClNO4. The quantitative estimate of drug-likeness (QED) is 0.603. The fourth-order valence-corrected chi connectivity index (χ4v) is 3.28. The van der Waals surface area contributed by atoms with Crippen LogP contribution in [0.1, 0.15) is 36.3 Å². The Hall–Kier alpha value is -2.34. The highest BCUT2D eigenvalue weighted by atomic mass is 35.5. The second-order valence-corrected chi connectivity index (χ2v) is 7.38. The highest BCUT2D eigenvalue weighted by Gasteiger charge is 2.28. The molecule has 1 amide bonds. The molecule has 1 heterocycles. The van der Waals surface area contributed by atoms with Crippen molar-refractivity contribution in [3.05, 3.63) is 82.6 Å². The maximum atomic E-state index is 12.7. The number of carbonyl (C=O) groups is 1. The molecule has 1 aliphatic rings. The summed E-state index contributed by atoms with van der Waals surface area (Å²) in [5, 5.41) is 12.5. The Bertz CT molecular complexity index is 807. The second-order valence-electron chi connectivity index (χ2n) is 6.94. The summed E-state index contributed by atoms with van der Waals surface area (Å²) < 4.78 is 11.7. The van der Waals surface area contributed by atoms with Gasteiger partial charge >= 0.3 is 0 Å². The average molecular weight is 416 g/mol. The average Bonchev–Trinajstić information content (AvgIpc) is 2.76. The van der Waals surface area contributed by atoms with Gasteiger partial charge in [-0.15, -0.1) is 0 Å². The Balaban J connectivity index is 1.66. The molecule has 0 aliphatic carbocycles. The third-order valence-corrected chi connectivity index (χ3v) is 4.98. The molecule has 0 unspecified atom stereocenters. The van der Waals surface area contributed by atoms with Crippen molar-refractivity contribution in [2.75, 3.05) is 13.2 Å². The lowest BCUT2D eigenvalue weighted by Crippen LogP contribution is -2.32. The van der Waals surface area contributed by atoms with Crippen LogP contribution in [0.4, 0.5) is 0 Å². The van der Waals surface area contributed by atoms with E-state index < -0.39 is 6.29 Å². The van der Waals surface area contributed by atoms with Crippen molar-refractivity contribution in [1.82, 2.24) is 5.32 Å². The van der Waals surface area contributed by atoms with Gasteiger partial charge in [-0.3, -0.25) is 4.79 Å². The van der Waals surface area contributed by atoms with E-state index >= 15 is 0 Å². The third kappa shape index (κ3) is 6.60. The van der Waals surface area contributed by atoms with Gasteiger partial charge in [0.2, 0.25) is 6.29 Å². The van der Waals surface area contributed by atoms with Crippen LogP contribution in [-0.4, -0.2) is 30.5 Å². The molecule has 0 saturated heterocycles. The molecule has 154 valence electrons. The Morgan fingerprint density at radius 1 is 1.14 bits per heavy atom. The van der Waals surface area contributed by atoms with Gasteiger partial charge in [-0.25, -0.2) is 0 Å². The number of rotatable bonds is 9. The molecule has 1 aliphatic heterocycles. The van der Waals surface area contributed by atoms with Crippen molar-refractivity contribution < 1.29 is 19.4 Å². The zero-order chi connectivity index (χ0) is 20.5. The zero-order valence-corrected chi connectivity index (χ0v) is 17.0. The molecule has 0 aromatic heterocycles. The van der Waals surface area contributed by atoms with Gasteiger partial charge in [0.15, 0.2) is 5.76 Å². The Morgan fingerprint density at radius 2 is 1.90 bits per heavy atom. The molecule has 0 radical (unpaired) electrons. The van der Waals surface area contributed by atoms with Gasteiger partial charge in [-0.1, -0.05) is 54.1 Å². The lowest BCUT2D eigenvalue weighted by atomic mass is 9.93. The number of benzene rings is 2. The van der Waals surface area contributed by atoms with Crippen molar-refractivity contribution in [3.8, 4) is 0 Å². The van der Waals surface area contributed by atoms with Crippen molar-refractivity contribution in [2.24, 2.45) is 0 Å². The van der Waals surface area contributed by atoms with Gasteiger partial charge < -0.3 is 19.9 Å². The Morgan fingerprint density at radius 3 is 2.62 bits per heavy atom. The molecule has 2 aromatic rings. The highest BCUT2D eigenvalue weighted by Crippen LogP contribution is 2.31. The smallest absolute Gasteiger partial charge is 0.286 e. The number of ether oxygens (including phenoxy) is 2. The number of unbranched alkanes of at least 4 members (excludes halogenated alkanes) is 1. The lowest BCUT2D eigenvalue weighted by molar-refractivity contribution is -0.146. The summed E-state index contributed by atoms with van der Waals surface area (Å²) in [6, 6.07) is 17.3. The largest absolute Gasteiger partial charge is 0.459 e. The molecule has 3 rings (SSSR count). The summed E-state index contributed by atoms with van der Waals surface area (Å²) in [5.41, 5.74) is 2.07. The molecule has 2 aromatic carbocycles. The maximum absolute atomic E-state index is 12.7. The predicted molar refractivity (Wildman–Crippen MR) is 112 cm³/mol. The van der Waals surface area contributed by atoms with Gasteiger partial charge in [-0.05, 0) is 42.2 Å². The molecular weight excluding hydrogens is 390 g/mol. The number of hydrogen-bond acceptors (Lipinski definition) is 4. The van der Waals surface area contributed by atoms with E-state index in [1.165, 1.54) is 0 Å². The van der Waals surface area contributed by atoms with Crippen molar-refractivity contribution in [1.29, 1.82) is 0 Å². The minimum atomic E-state index is -0.500. The first-order valence-corrected chi connectivity index (χ1v) is 10.2. The molecule has 0 saturated carbocycles. The van der Waals surface area contributed by atoms with Crippen LogP contribution in [0, 0.1) is 0 Å². The first-order chi connectivity index (χ1) is 14.2. The number of aliphatic hydroxyl groups is 1. The maximum Gasteiger partial charge on any atom is 0.286 e. The van der Waals surface area contributed by atoms with E-state index in [0.717, 1.165) is 17.5 Å². The molecule has 29 heavy (non-hydrogen) atoms. The topological polar surface area (TPSA) is 67.8 Å². The molecule has 0 spiro atoms. The molecule has 2 N–H and O–H groups in total. The van der Waals surface area contributed by atoms with Gasteiger partial charge in [0.1, 0.15) is 0 Å². The van der Waals surface area contributed by atoms with Gasteiger partial charge in [0.05, 0.1) is 6.61 Å². The van der Waals surface area contributed by atoms with Crippen LogP contribution in [0.15, 0.2) is 66.4 Å². The van der Waals surface area contributed by atoms with E-state index in [2.05, 4.69) is 5.32 Å². The molecule has 5 nitrogen and oxygen atoms in total. The van der Waals surface area contributed by atoms with E-state index in [0.29, 0.717) is 31.0 Å². The van der Waals surface area contributed by atoms with Gasteiger partial charge in [0, 0.05) is 30.5 Å². The van der Waals surface area contributed by atoms with Crippen LogP contribution in [0.3, 0.4) is 0 Å². The highest BCUT2D eigenvalue weighted by molar-refractivity contribution is 6.30. The Labute approximate surface area is 176 Å². The lowest BCUT2D eigenvalue weighted by Gasteiger charge is -2.29. The van der Waals surface area contributed by atoms with E-state index in [9.17, 15) is 4.79 Å². The number of nitrogens with one attached hydrogen (secondary N) is 1. The van der Waals surface area contributed by atoms with Crippen LogP contribution in [-0.2, 0) is 20.8 Å². The number of aliphatic hydroxyl groups excluding tert-OH is 1. The van der Waals surface area contributed by atoms with Crippen molar-refractivity contribution in [3.63, 3.8) is 0 Å². The van der Waals surface area contributed by atoms with E-state index in [4.69, 9.17) is 26.2 Å². The molecule has 0 bridgehead atoms. The molecule has 2 atom stereocenters. The van der Waals surface area contributed by atoms with Gasteiger partial charge in [-0.2, -0.15) is 0 Å². The summed E-state index contributed by atoms with van der Waals surface area (Å²) in [6.07, 6.45) is 3.42. The van der Waals surface area contributed by atoms with Crippen LogP contribution in [0.5, 0.6) is 0 Å². The summed E-state index contributed by atoms with van der Waals surface area (Å²) >= 11 is 5.90. The fraction of sp³-hybridized carbons (Fsp3) is 0.348. The zero-order valence-electron chi connectivity index (χ0n) is 16.2. The third-order valence-electron chi connectivity index (χ3n) is 4.73. The monoisotopic (exact) mass is 415 g/mol. The minimum absolute atomic E-state index is 0.0315. The first-order valence-electron chi connectivity index (χ1n) is 9.84. The van der Waals surface area contributed by atoms with Crippen molar-refractivity contribution >= 4 is 17.5 Å². The molecule has 0 fully saturated rings. The first kappa shape index (κ1) is 21.4. The fourth-order valence-electron chi connectivity index (χ4n) is 3.15. The van der Waals surface area contributed by atoms with Gasteiger partial charge in [0.25, 0.3) is 5.91 Å². The molecule has 6 heteroatoms. The number of hydrogen-bond donors (Lipinski definition) is 2. The van der Waals surface area contributed by atoms with Crippen LogP contribution < -0.4 is 5.32 Å². The van der Waals surface area contributed by atoms with E-state index in [1.54, 1.807) is 12.1 Å². The van der Waals surface area contributed by atoms with Crippen LogP contribution >= 0.6 is 11.6 Å². The van der Waals surface area contributed by atoms with E-state index in [1.807, 2.05) is 48.5 Å².